The van der Waals surface area contributed by atoms with Gasteiger partial charge in [0.1, 0.15) is 0 Å². The number of aromatic nitrogens is 2. The topological polar surface area (TPSA) is 72.6 Å². The van der Waals surface area contributed by atoms with Crippen LogP contribution < -0.4 is 9.80 Å². The number of fused-ring (bicyclic) bond motifs is 10. The van der Waals surface area contributed by atoms with Gasteiger partial charge in [-0.3, -0.25) is 0 Å². The predicted molar refractivity (Wildman–Crippen MR) is 326 cm³/mol. The van der Waals surface area contributed by atoms with Crippen molar-refractivity contribution in [1.29, 1.82) is 10.5 Å². The second-order valence-electron chi connectivity index (χ2n) is 19.5. The highest BCUT2D eigenvalue weighted by Gasteiger charge is 2.33. The van der Waals surface area contributed by atoms with E-state index in [9.17, 15) is 10.5 Å². The monoisotopic (exact) mass is 1050 g/mol. The molecule has 0 N–H and O–H groups in total. The van der Waals surface area contributed by atoms with Crippen molar-refractivity contribution < 1.29 is 0 Å². The Morgan fingerprint density at radius 1 is 0.338 bits per heavy atom. The van der Waals surface area contributed by atoms with E-state index >= 15 is 0 Å². The summed E-state index contributed by atoms with van der Waals surface area (Å²) in [5, 5.41) is 25.8. The van der Waals surface area contributed by atoms with E-state index in [1.807, 2.05) is 24.3 Å². The number of nitrogens with zero attached hydrogens (tertiary/aromatic N) is 8. The van der Waals surface area contributed by atoms with E-state index in [-0.39, 0.29) is 0 Å². The summed E-state index contributed by atoms with van der Waals surface area (Å²) in [5.74, 6) is 0. The van der Waals surface area contributed by atoms with Crippen LogP contribution in [-0.2, 0) is 0 Å². The van der Waals surface area contributed by atoms with Crippen molar-refractivity contribution in [2.24, 2.45) is 0 Å². The van der Waals surface area contributed by atoms with Gasteiger partial charge in [0.05, 0.1) is 81.2 Å². The molecule has 0 saturated carbocycles. The van der Waals surface area contributed by atoms with E-state index in [0.29, 0.717) is 44.8 Å². The molecule has 0 fully saturated rings. The Morgan fingerprint density at radius 3 is 1.06 bits per heavy atom. The minimum atomic E-state index is 0.331. The normalized spacial score (nSPS) is 12.3. The third kappa shape index (κ3) is 6.88. The Kier molecular flexibility index (Phi) is 10.8. The van der Waals surface area contributed by atoms with E-state index in [2.05, 4.69) is 211 Å². The molecule has 13 aromatic rings. The number of para-hydroxylation sites is 6. The molecule has 2 aromatic heterocycles. The van der Waals surface area contributed by atoms with Crippen molar-refractivity contribution in [2.45, 2.75) is 19.6 Å². The van der Waals surface area contributed by atoms with Crippen LogP contribution in [0.25, 0.3) is 86.9 Å². The fraction of sp³-hybridized carbons (Fsp3) is 0. The minimum Gasteiger partial charge on any atom is -0.309 e. The Hall–Kier alpha value is -10.7. The Bertz CT molecular complexity index is 4500. The van der Waals surface area contributed by atoms with Crippen LogP contribution in [0.3, 0.4) is 0 Å². The van der Waals surface area contributed by atoms with Crippen molar-refractivity contribution in [3.63, 3.8) is 0 Å². The summed E-state index contributed by atoms with van der Waals surface area (Å²) in [4.78, 5) is 17.6. The van der Waals surface area contributed by atoms with Crippen LogP contribution in [0.15, 0.2) is 250 Å². The van der Waals surface area contributed by atoms with Crippen molar-refractivity contribution in [2.75, 3.05) is 9.80 Å². The summed E-state index contributed by atoms with van der Waals surface area (Å²) in [6, 6.07) is 83.4. The summed E-state index contributed by atoms with van der Waals surface area (Å²) < 4.78 is 4.51. The summed E-state index contributed by atoms with van der Waals surface area (Å²) in [6.45, 7) is 17.6. The number of hydrogen-bond donors (Lipinski definition) is 0. The molecule has 10 heteroatoms. The summed E-state index contributed by atoms with van der Waals surface area (Å²) in [6.07, 6.45) is 0. The molecule has 8 nitrogen and oxygen atoms in total. The molecule has 0 unspecified atom stereocenters. The molecular formula is C70H38N8S2. The van der Waals surface area contributed by atoms with Crippen LogP contribution in [0.5, 0.6) is 0 Å². The van der Waals surface area contributed by atoms with Crippen molar-refractivity contribution in [3.8, 4) is 45.8 Å². The van der Waals surface area contributed by atoms with E-state index < -0.39 is 0 Å². The maximum absolute atomic E-state index is 11.2. The molecule has 2 aliphatic heterocycles. The smallest absolute Gasteiger partial charge is 0.184 e. The lowest BCUT2D eigenvalue weighted by atomic mass is 9.86. The summed E-state index contributed by atoms with van der Waals surface area (Å²) in [5.41, 5.74) is 15.0. The molecule has 2 aliphatic rings. The predicted octanol–water partition coefficient (Wildman–Crippen LogP) is 19.9. The van der Waals surface area contributed by atoms with Gasteiger partial charge < -0.3 is 18.9 Å². The number of rotatable bonds is 6. The average Bonchev–Trinajstić information content (AvgIpc) is 3.22. The lowest BCUT2D eigenvalue weighted by Gasteiger charge is -2.33. The molecule has 0 spiro atoms. The zero-order chi connectivity index (χ0) is 53.6. The van der Waals surface area contributed by atoms with E-state index in [1.54, 1.807) is 59.9 Å². The zero-order valence-corrected chi connectivity index (χ0v) is 44.0. The Morgan fingerprint density at radius 2 is 0.675 bits per heavy atom. The van der Waals surface area contributed by atoms with Crippen LogP contribution in [0, 0.1) is 35.8 Å². The average molecular weight is 1060 g/mol. The fourth-order valence-corrected chi connectivity index (χ4v) is 14.3. The SMILES string of the molecule is [C-]#[N+]c1cccc([N+]#[C-])c1-c1c2c3ccccc3n(-c3ccc(N4c5ccccc5Sc5ccccc54)cc3)c2c(-c2c(C#N)cccc2C#N)c2c3ccccc3n(-c3ccc(N4c5ccccc5Sc5ccccc54)cc3)c12. The highest BCUT2D eigenvalue weighted by atomic mass is 32.2. The molecule has 4 heterocycles. The third-order valence-corrected chi connectivity index (χ3v) is 17.6. The first-order valence-corrected chi connectivity index (χ1v) is 27.6. The van der Waals surface area contributed by atoms with Gasteiger partial charge in [-0.1, -0.05) is 133 Å². The van der Waals surface area contributed by atoms with Crippen LogP contribution in [-0.4, -0.2) is 9.13 Å². The quantitative estimate of drug-likeness (QED) is 0.155. The van der Waals surface area contributed by atoms with Gasteiger partial charge >= 0.3 is 0 Å². The molecule has 370 valence electrons. The highest BCUT2D eigenvalue weighted by Crippen LogP contribution is 2.57. The third-order valence-electron chi connectivity index (χ3n) is 15.4. The molecule has 0 amide bonds. The number of nitriles is 2. The Labute approximate surface area is 469 Å². The van der Waals surface area contributed by atoms with Gasteiger partial charge in [-0.2, -0.15) is 10.5 Å². The molecule has 15 rings (SSSR count). The van der Waals surface area contributed by atoms with Gasteiger partial charge in [0, 0.05) is 75.0 Å². The molecular weight excluding hydrogens is 1020 g/mol. The molecule has 11 aromatic carbocycles. The van der Waals surface area contributed by atoms with Crippen LogP contribution in [0.2, 0.25) is 0 Å². The first-order chi connectivity index (χ1) is 39.6. The second-order valence-corrected chi connectivity index (χ2v) is 21.7. The molecule has 0 saturated heterocycles. The largest absolute Gasteiger partial charge is 0.309 e. The standard InChI is InChI=1S/C70H38N8S2/c1-73-51-21-16-22-52(74-2)66(51)68-65-50-20-4-6-24-54(50)77(47-37-33-45(34-38-47)75-55-25-7-11-29-59(55)79-60-30-12-8-26-56(60)75)69(65)67(63-43(41-71)17-15-18-44(63)42-72)64-49-19-3-5-23-53(49)78(70(64)68)48-39-35-46(36-40-48)76-57-27-9-13-31-61(57)80-62-32-14-10-28-58(62)76/h3-40H. The number of benzene rings is 11. The van der Waals surface area contributed by atoms with Gasteiger partial charge in [-0.05, 0) is 132 Å². The van der Waals surface area contributed by atoms with Crippen LogP contribution in [0.1, 0.15) is 11.1 Å². The second kappa shape index (κ2) is 18.5. The van der Waals surface area contributed by atoms with Crippen LogP contribution >= 0.6 is 23.5 Å². The van der Waals surface area contributed by atoms with E-state index in [0.717, 1.165) is 109 Å². The van der Waals surface area contributed by atoms with Gasteiger partial charge in [-0.15, -0.1) is 0 Å². The fourth-order valence-electron chi connectivity index (χ4n) is 12.2. The summed E-state index contributed by atoms with van der Waals surface area (Å²) >= 11 is 3.53. The van der Waals surface area contributed by atoms with Gasteiger partial charge in [0.2, 0.25) is 0 Å². The maximum atomic E-state index is 11.2. The number of hydrogen-bond acceptors (Lipinski definition) is 6. The van der Waals surface area contributed by atoms with Gasteiger partial charge in [0.15, 0.2) is 11.4 Å². The van der Waals surface area contributed by atoms with Gasteiger partial charge in [-0.25, -0.2) is 9.69 Å². The first kappa shape index (κ1) is 46.6. The van der Waals surface area contributed by atoms with Crippen molar-refractivity contribution in [3.05, 3.63) is 264 Å². The molecule has 0 aliphatic carbocycles. The molecule has 0 atom stereocenters. The summed E-state index contributed by atoms with van der Waals surface area (Å²) in [7, 11) is 0. The highest BCUT2D eigenvalue weighted by molar-refractivity contribution is 8.00. The van der Waals surface area contributed by atoms with Crippen molar-refractivity contribution in [1.82, 2.24) is 9.13 Å². The maximum Gasteiger partial charge on any atom is 0.184 e. The lowest BCUT2D eigenvalue weighted by molar-refractivity contribution is 1.15. The minimum absolute atomic E-state index is 0.331. The van der Waals surface area contributed by atoms with E-state index in [4.69, 9.17) is 13.1 Å². The lowest BCUT2D eigenvalue weighted by Crippen LogP contribution is -2.14. The number of anilines is 6. The van der Waals surface area contributed by atoms with Crippen molar-refractivity contribution >= 4 is 113 Å². The van der Waals surface area contributed by atoms with Crippen LogP contribution in [0.4, 0.5) is 45.5 Å². The molecule has 80 heavy (non-hydrogen) atoms. The zero-order valence-electron chi connectivity index (χ0n) is 42.3. The Balaban J connectivity index is 1.09. The van der Waals surface area contributed by atoms with E-state index in [1.165, 1.54) is 0 Å². The van der Waals surface area contributed by atoms with Gasteiger partial charge in [0.25, 0.3) is 0 Å². The molecule has 0 bridgehead atoms. The first-order valence-electron chi connectivity index (χ1n) is 25.9. The molecule has 0 radical (unpaired) electrons.